The van der Waals surface area contributed by atoms with E-state index in [9.17, 15) is 4.79 Å². The molecule has 0 bridgehead atoms. The summed E-state index contributed by atoms with van der Waals surface area (Å²) in [6, 6.07) is 0. The lowest BCUT2D eigenvalue weighted by molar-refractivity contribution is 0.275. The SMILES string of the molecule is Nc1nc2nc[nH]c2c(=O)[nH]1.O=P(O)(O)O.c1ncc2[nH]cnc2n1.c1ncc2[nH]cnc2n1. The van der Waals surface area contributed by atoms with Crippen LogP contribution in [0.4, 0.5) is 5.95 Å². The topological polar surface area (TPSA) is 287 Å². The highest BCUT2D eigenvalue weighted by molar-refractivity contribution is 7.45. The Morgan fingerprint density at radius 2 is 1.24 bits per heavy atom. The molecule has 0 radical (unpaired) electrons. The number of nitrogens with two attached hydrogens (primary N) is 1. The summed E-state index contributed by atoms with van der Waals surface area (Å²) in [4.78, 5) is 74.1. The van der Waals surface area contributed by atoms with Gasteiger partial charge in [-0.25, -0.2) is 39.5 Å². The number of fused-ring (bicyclic) bond motifs is 3. The van der Waals surface area contributed by atoms with Crippen LogP contribution in [0.25, 0.3) is 33.5 Å². The Bertz CT molecular complexity index is 1450. The summed E-state index contributed by atoms with van der Waals surface area (Å²) in [5.74, 6) is 0.0783. The van der Waals surface area contributed by atoms with E-state index in [4.69, 9.17) is 25.0 Å². The molecule has 6 aromatic heterocycles. The maximum absolute atomic E-state index is 11.0. The molecule has 6 heterocycles. The Balaban J connectivity index is 0.000000131. The highest BCUT2D eigenvalue weighted by Gasteiger charge is 2.02. The van der Waals surface area contributed by atoms with Crippen molar-refractivity contribution in [1.82, 2.24) is 59.8 Å². The van der Waals surface area contributed by atoms with Gasteiger partial charge in [0.25, 0.3) is 5.56 Å². The molecule has 0 fully saturated rings. The molecule has 6 rings (SSSR count). The highest BCUT2D eigenvalue weighted by Crippen LogP contribution is 2.25. The molecule has 0 unspecified atom stereocenters. The van der Waals surface area contributed by atoms with Crippen molar-refractivity contribution < 1.29 is 19.2 Å². The molecular formula is C15H16N13O5P. The van der Waals surface area contributed by atoms with Crippen LogP contribution >= 0.6 is 7.82 Å². The first-order chi connectivity index (χ1) is 16.2. The van der Waals surface area contributed by atoms with Gasteiger partial charge >= 0.3 is 7.82 Å². The van der Waals surface area contributed by atoms with E-state index in [0.29, 0.717) is 22.5 Å². The number of imidazole rings is 3. The van der Waals surface area contributed by atoms with Crippen molar-refractivity contribution in [3.63, 3.8) is 0 Å². The van der Waals surface area contributed by atoms with Crippen LogP contribution in [0.2, 0.25) is 0 Å². The van der Waals surface area contributed by atoms with E-state index in [1.165, 1.54) is 19.0 Å². The number of hydrogen-bond donors (Lipinski definition) is 8. The van der Waals surface area contributed by atoms with Crippen LogP contribution in [-0.2, 0) is 4.57 Å². The van der Waals surface area contributed by atoms with Crippen molar-refractivity contribution in [3.05, 3.63) is 54.4 Å². The summed E-state index contributed by atoms with van der Waals surface area (Å²) >= 11 is 0. The fourth-order valence-corrected chi connectivity index (χ4v) is 2.24. The molecule has 0 atom stereocenters. The lowest BCUT2D eigenvalue weighted by Crippen LogP contribution is -2.10. The third kappa shape index (κ3) is 7.21. The lowest BCUT2D eigenvalue weighted by Gasteiger charge is -1.89. The number of hydrogen-bond acceptors (Lipinski definition) is 11. The summed E-state index contributed by atoms with van der Waals surface area (Å²) in [6.07, 6.45) is 10.9. The largest absolute Gasteiger partial charge is 0.466 e. The molecule has 0 saturated heterocycles. The summed E-state index contributed by atoms with van der Waals surface area (Å²) in [5.41, 5.74) is 8.82. The summed E-state index contributed by atoms with van der Waals surface area (Å²) in [6.45, 7) is 0. The van der Waals surface area contributed by atoms with Crippen molar-refractivity contribution in [2.24, 2.45) is 0 Å². The molecule has 0 aromatic carbocycles. The summed E-state index contributed by atoms with van der Waals surface area (Å²) in [5, 5.41) is 0. The molecule has 9 N–H and O–H groups in total. The van der Waals surface area contributed by atoms with Gasteiger partial charge in [0.2, 0.25) is 5.95 Å². The first kappa shape index (κ1) is 24.0. The normalized spacial score (nSPS) is 10.6. The molecule has 18 nitrogen and oxygen atoms in total. The molecule has 0 aliphatic carbocycles. The molecule has 0 saturated carbocycles. The first-order valence-corrected chi connectivity index (χ1v) is 10.4. The van der Waals surface area contributed by atoms with E-state index in [1.807, 2.05) is 0 Å². The molecule has 0 amide bonds. The van der Waals surface area contributed by atoms with E-state index in [0.717, 1.165) is 11.0 Å². The van der Waals surface area contributed by atoms with Crippen molar-refractivity contribution in [3.8, 4) is 0 Å². The summed E-state index contributed by atoms with van der Waals surface area (Å²) in [7, 11) is -4.64. The van der Waals surface area contributed by atoms with Crippen LogP contribution in [-0.4, -0.2) is 74.5 Å². The number of anilines is 1. The predicted molar refractivity (Wildman–Crippen MR) is 117 cm³/mol. The fourth-order valence-electron chi connectivity index (χ4n) is 2.24. The smallest absolute Gasteiger partial charge is 0.369 e. The van der Waals surface area contributed by atoms with Crippen LogP contribution in [0, 0.1) is 0 Å². The zero-order valence-corrected chi connectivity index (χ0v) is 17.7. The number of H-pyrrole nitrogens is 4. The maximum Gasteiger partial charge on any atom is 0.466 e. The first-order valence-electron chi connectivity index (χ1n) is 8.86. The maximum atomic E-state index is 11.0. The minimum absolute atomic E-state index is 0.0783. The number of nitrogen functional groups attached to an aromatic ring is 1. The Kier molecular flexibility index (Phi) is 7.62. The van der Waals surface area contributed by atoms with Crippen LogP contribution < -0.4 is 11.3 Å². The van der Waals surface area contributed by atoms with Gasteiger partial charge in [0, 0.05) is 0 Å². The molecule has 176 valence electrons. The molecule has 34 heavy (non-hydrogen) atoms. The van der Waals surface area contributed by atoms with Crippen LogP contribution in [0.15, 0.2) is 48.8 Å². The number of nitrogens with zero attached hydrogens (tertiary/aromatic N) is 8. The minimum atomic E-state index is -4.64. The average Bonchev–Trinajstić information content (AvgIpc) is 3.53. The predicted octanol–water partition coefficient (Wildman–Crippen LogP) is -0.994. The van der Waals surface area contributed by atoms with E-state index in [1.54, 1.807) is 25.0 Å². The molecule has 0 aliphatic heterocycles. The Labute approximate surface area is 187 Å². The van der Waals surface area contributed by atoms with Gasteiger partial charge in [0.15, 0.2) is 22.5 Å². The molecule has 6 aromatic rings. The van der Waals surface area contributed by atoms with Gasteiger partial charge < -0.3 is 35.4 Å². The quantitative estimate of drug-likeness (QED) is 0.119. The number of rotatable bonds is 0. The highest BCUT2D eigenvalue weighted by atomic mass is 31.2. The van der Waals surface area contributed by atoms with Gasteiger partial charge in [-0.15, -0.1) is 0 Å². The minimum Gasteiger partial charge on any atom is -0.369 e. The van der Waals surface area contributed by atoms with Gasteiger partial charge in [0.05, 0.1) is 31.4 Å². The van der Waals surface area contributed by atoms with E-state index in [2.05, 4.69) is 59.8 Å². The second kappa shape index (κ2) is 10.8. The Morgan fingerprint density at radius 1 is 0.765 bits per heavy atom. The second-order valence-electron chi connectivity index (χ2n) is 5.89. The van der Waals surface area contributed by atoms with Gasteiger partial charge in [-0.2, -0.15) is 4.98 Å². The van der Waals surface area contributed by atoms with E-state index >= 15 is 0 Å². The number of phosphoric acid groups is 1. The zero-order valence-electron chi connectivity index (χ0n) is 16.8. The fraction of sp³-hybridized carbons (Fsp3) is 0. The Morgan fingerprint density at radius 3 is 1.74 bits per heavy atom. The van der Waals surface area contributed by atoms with Crippen molar-refractivity contribution in [2.45, 2.75) is 0 Å². The van der Waals surface area contributed by atoms with E-state index < -0.39 is 7.82 Å². The van der Waals surface area contributed by atoms with Gasteiger partial charge in [-0.3, -0.25) is 9.78 Å². The molecule has 0 aliphatic rings. The number of aromatic amines is 4. The third-order valence-corrected chi connectivity index (χ3v) is 3.51. The van der Waals surface area contributed by atoms with Crippen LogP contribution in [0.1, 0.15) is 0 Å². The molecule has 19 heteroatoms. The van der Waals surface area contributed by atoms with Crippen molar-refractivity contribution in [1.29, 1.82) is 0 Å². The monoisotopic (exact) mass is 489 g/mol. The van der Waals surface area contributed by atoms with Gasteiger partial charge in [-0.05, 0) is 0 Å². The van der Waals surface area contributed by atoms with E-state index in [-0.39, 0.29) is 11.5 Å². The van der Waals surface area contributed by atoms with Gasteiger partial charge in [-0.1, -0.05) is 0 Å². The molecular weight excluding hydrogens is 473 g/mol. The lowest BCUT2D eigenvalue weighted by atomic mass is 10.5. The zero-order chi connectivity index (χ0) is 24.6. The summed E-state index contributed by atoms with van der Waals surface area (Å²) < 4.78 is 8.88. The second-order valence-corrected chi connectivity index (χ2v) is 6.92. The van der Waals surface area contributed by atoms with Crippen LogP contribution in [0.5, 0.6) is 0 Å². The number of aromatic nitrogens is 12. The number of nitrogens with one attached hydrogen (secondary N) is 4. The Hall–Kier alpha value is -4.64. The third-order valence-electron chi connectivity index (χ3n) is 3.51. The van der Waals surface area contributed by atoms with Crippen LogP contribution in [0.3, 0.4) is 0 Å². The molecule has 0 spiro atoms. The van der Waals surface area contributed by atoms with Crippen molar-refractivity contribution >= 4 is 47.3 Å². The standard InChI is InChI=1S/C5H5N5O.2C5H4N4.H3O4P/c6-5-9-3-2(4(11)10-5)7-1-8-3;2*1-4-5(8-2-6-1)9-3-7-4;1-5(2,3)4/h1H,(H4,6,7,8,9,10,11);2*1-3H,(H,6,7,8,9);(H3,1,2,3,4). The van der Waals surface area contributed by atoms with Crippen molar-refractivity contribution in [2.75, 3.05) is 5.73 Å². The average molecular weight is 489 g/mol. The van der Waals surface area contributed by atoms with Gasteiger partial charge in [0.1, 0.15) is 23.7 Å².